The molecule has 2 heterocycles. The Hall–Kier alpha value is -0.160. The van der Waals surface area contributed by atoms with Crippen LogP contribution < -0.4 is 10.6 Å². The summed E-state index contributed by atoms with van der Waals surface area (Å²) < 4.78 is 12.6. The van der Waals surface area contributed by atoms with Gasteiger partial charge in [-0.25, -0.2) is 0 Å². The van der Waals surface area contributed by atoms with Gasteiger partial charge in [0.25, 0.3) is 0 Å². The number of piperidine rings is 2. The number of rotatable bonds is 14. The molecule has 2 aliphatic heterocycles. The summed E-state index contributed by atoms with van der Waals surface area (Å²) in [6.45, 7) is 20.5. The average Bonchev–Trinajstić information content (AvgIpc) is 2.73. The molecule has 2 saturated heterocycles. The Morgan fingerprint density at radius 3 is 1.55 bits per heavy atom. The zero-order valence-electron chi connectivity index (χ0n) is 23.4. The van der Waals surface area contributed by atoms with E-state index in [-0.39, 0.29) is 5.54 Å². The van der Waals surface area contributed by atoms with Gasteiger partial charge in [0.2, 0.25) is 0 Å². The second-order valence-electron chi connectivity index (χ2n) is 12.8. The first-order valence-corrected chi connectivity index (χ1v) is 14.3. The van der Waals surface area contributed by atoms with Gasteiger partial charge in [-0.05, 0) is 70.1 Å². The molecule has 2 rings (SSSR count). The number of unbranched alkanes of at least 4 members (excludes halogenated alkanes) is 5. The Bertz CT molecular complexity index is 504. The Labute approximate surface area is 206 Å². The summed E-state index contributed by atoms with van der Waals surface area (Å²) in [5.41, 5.74) is 0.194. The molecular formula is C29H58N2O2. The molecule has 0 saturated carbocycles. The first kappa shape index (κ1) is 29.1. The van der Waals surface area contributed by atoms with E-state index in [1.165, 1.54) is 51.4 Å². The minimum Gasteiger partial charge on any atom is -0.378 e. The van der Waals surface area contributed by atoms with Gasteiger partial charge in [0, 0.05) is 36.9 Å². The molecule has 0 spiro atoms. The fraction of sp³-hybridized carbons (Fsp3) is 1.00. The predicted octanol–water partition coefficient (Wildman–Crippen LogP) is 6.72. The highest BCUT2D eigenvalue weighted by atomic mass is 16.5. The van der Waals surface area contributed by atoms with Crippen LogP contribution in [0.2, 0.25) is 0 Å². The molecule has 4 nitrogen and oxygen atoms in total. The van der Waals surface area contributed by atoms with Crippen LogP contribution in [0.4, 0.5) is 0 Å². The maximum atomic E-state index is 6.33. The number of hydrogen-bond acceptors (Lipinski definition) is 4. The molecule has 2 fully saturated rings. The van der Waals surface area contributed by atoms with E-state index in [9.17, 15) is 0 Å². The summed E-state index contributed by atoms with van der Waals surface area (Å²) in [5.74, 6) is 2.03. The standard InChI is InChI=1S/C29H58N2O2/c1-21(2)26-17-24(18-27(30-26)22(3)4)32-15-13-11-9-10-12-14-16-33-25-19-28(23(5)6)31-29(7,8)20-25/h21-28,30-31H,9-20H2,1-8H3. The van der Waals surface area contributed by atoms with E-state index < -0.39 is 0 Å². The quantitative estimate of drug-likeness (QED) is 0.279. The minimum atomic E-state index is 0.194. The highest BCUT2D eigenvalue weighted by Gasteiger charge is 2.35. The average molecular weight is 467 g/mol. The predicted molar refractivity (Wildman–Crippen MR) is 142 cm³/mol. The third-order valence-corrected chi connectivity index (χ3v) is 7.95. The van der Waals surface area contributed by atoms with Crippen LogP contribution in [0.1, 0.15) is 120 Å². The van der Waals surface area contributed by atoms with Crippen LogP contribution in [-0.2, 0) is 9.47 Å². The van der Waals surface area contributed by atoms with E-state index in [2.05, 4.69) is 66.0 Å². The zero-order valence-corrected chi connectivity index (χ0v) is 23.4. The van der Waals surface area contributed by atoms with E-state index in [0.717, 1.165) is 26.1 Å². The van der Waals surface area contributed by atoms with Crippen LogP contribution in [0.5, 0.6) is 0 Å². The molecule has 33 heavy (non-hydrogen) atoms. The van der Waals surface area contributed by atoms with Crippen molar-refractivity contribution in [2.75, 3.05) is 13.2 Å². The largest absolute Gasteiger partial charge is 0.378 e. The van der Waals surface area contributed by atoms with Crippen LogP contribution in [0.3, 0.4) is 0 Å². The van der Waals surface area contributed by atoms with Crippen LogP contribution in [0, 0.1) is 17.8 Å². The molecule has 0 aliphatic carbocycles. The lowest BCUT2D eigenvalue weighted by Crippen LogP contribution is -2.56. The lowest BCUT2D eigenvalue weighted by molar-refractivity contribution is -0.0130. The van der Waals surface area contributed by atoms with Gasteiger partial charge >= 0.3 is 0 Å². The first-order valence-electron chi connectivity index (χ1n) is 14.3. The Kier molecular flexibility index (Phi) is 12.7. The van der Waals surface area contributed by atoms with Gasteiger partial charge in [-0.2, -0.15) is 0 Å². The second-order valence-corrected chi connectivity index (χ2v) is 12.8. The summed E-state index contributed by atoms with van der Waals surface area (Å²) in [6.07, 6.45) is 13.2. The van der Waals surface area contributed by atoms with Gasteiger partial charge in [0.1, 0.15) is 0 Å². The van der Waals surface area contributed by atoms with Crippen molar-refractivity contribution in [1.82, 2.24) is 10.6 Å². The highest BCUT2D eigenvalue weighted by Crippen LogP contribution is 2.28. The SMILES string of the molecule is CC(C)C1CC(OCCCCCCCCOC2CC(C(C)C)NC(C)(C)C2)CC(C(C)C)N1. The highest BCUT2D eigenvalue weighted by molar-refractivity contribution is 4.93. The topological polar surface area (TPSA) is 42.5 Å². The van der Waals surface area contributed by atoms with Crippen LogP contribution in [0.25, 0.3) is 0 Å². The fourth-order valence-electron chi connectivity index (χ4n) is 5.67. The third kappa shape index (κ3) is 11.0. The monoisotopic (exact) mass is 466 g/mol. The molecule has 2 N–H and O–H groups in total. The second kappa shape index (κ2) is 14.4. The van der Waals surface area contributed by atoms with Gasteiger partial charge < -0.3 is 20.1 Å². The van der Waals surface area contributed by atoms with Crippen LogP contribution in [0.15, 0.2) is 0 Å². The molecule has 0 amide bonds. The Balaban J connectivity index is 1.49. The first-order chi connectivity index (χ1) is 15.6. The van der Waals surface area contributed by atoms with Crippen molar-refractivity contribution in [3.05, 3.63) is 0 Å². The number of nitrogens with one attached hydrogen (secondary N) is 2. The van der Waals surface area contributed by atoms with Crippen molar-refractivity contribution in [2.24, 2.45) is 17.8 Å². The molecule has 0 aromatic carbocycles. The maximum Gasteiger partial charge on any atom is 0.0607 e. The van der Waals surface area contributed by atoms with Crippen LogP contribution in [-0.4, -0.2) is 49.1 Å². The van der Waals surface area contributed by atoms with Crippen molar-refractivity contribution in [2.45, 2.75) is 155 Å². The molecule has 0 aromatic rings. The minimum absolute atomic E-state index is 0.194. The molecule has 0 radical (unpaired) electrons. The summed E-state index contributed by atoms with van der Waals surface area (Å²) in [5, 5.41) is 7.65. The van der Waals surface area contributed by atoms with Crippen LogP contribution >= 0.6 is 0 Å². The smallest absolute Gasteiger partial charge is 0.0607 e. The molecule has 2 aliphatic rings. The van der Waals surface area contributed by atoms with Crippen molar-refractivity contribution in [1.29, 1.82) is 0 Å². The van der Waals surface area contributed by atoms with Crippen molar-refractivity contribution in [3.63, 3.8) is 0 Å². The molecule has 4 unspecified atom stereocenters. The molecule has 196 valence electrons. The fourth-order valence-corrected chi connectivity index (χ4v) is 5.67. The molecule has 0 aromatic heterocycles. The van der Waals surface area contributed by atoms with Gasteiger partial charge in [-0.15, -0.1) is 0 Å². The van der Waals surface area contributed by atoms with Crippen molar-refractivity contribution in [3.8, 4) is 0 Å². The van der Waals surface area contributed by atoms with Gasteiger partial charge in [-0.1, -0.05) is 67.2 Å². The molecule has 4 heteroatoms. The van der Waals surface area contributed by atoms with E-state index in [1.807, 2.05) is 0 Å². The summed E-state index contributed by atoms with van der Waals surface area (Å²) in [7, 11) is 0. The summed E-state index contributed by atoms with van der Waals surface area (Å²) >= 11 is 0. The normalized spacial score (nSPS) is 30.5. The maximum absolute atomic E-state index is 6.33. The lowest BCUT2D eigenvalue weighted by Gasteiger charge is -2.43. The number of ether oxygens (including phenoxy) is 2. The molecular weight excluding hydrogens is 408 g/mol. The van der Waals surface area contributed by atoms with E-state index in [1.54, 1.807) is 0 Å². The van der Waals surface area contributed by atoms with Crippen molar-refractivity contribution >= 4 is 0 Å². The van der Waals surface area contributed by atoms with E-state index in [0.29, 0.717) is 48.1 Å². The third-order valence-electron chi connectivity index (χ3n) is 7.95. The molecule has 4 atom stereocenters. The van der Waals surface area contributed by atoms with E-state index >= 15 is 0 Å². The van der Waals surface area contributed by atoms with Gasteiger partial charge in [0.05, 0.1) is 12.2 Å². The van der Waals surface area contributed by atoms with E-state index in [4.69, 9.17) is 9.47 Å². The van der Waals surface area contributed by atoms with Gasteiger partial charge in [-0.3, -0.25) is 0 Å². The van der Waals surface area contributed by atoms with Crippen molar-refractivity contribution < 1.29 is 9.47 Å². The summed E-state index contributed by atoms with van der Waals surface area (Å²) in [6, 6.07) is 1.79. The number of hydrogen-bond donors (Lipinski definition) is 2. The zero-order chi connectivity index (χ0) is 24.4. The molecule has 0 bridgehead atoms. The lowest BCUT2D eigenvalue weighted by atomic mass is 9.83. The Morgan fingerprint density at radius 2 is 1.06 bits per heavy atom. The van der Waals surface area contributed by atoms with Gasteiger partial charge in [0.15, 0.2) is 0 Å². The summed E-state index contributed by atoms with van der Waals surface area (Å²) in [4.78, 5) is 0. The Morgan fingerprint density at radius 1 is 0.636 bits per heavy atom.